The minimum atomic E-state index is -0.269. The first-order chi connectivity index (χ1) is 12.5. The van der Waals surface area contributed by atoms with Crippen LogP contribution in [0.4, 0.5) is 10.1 Å². The number of carbonyl (C=O) groups is 1. The Kier molecular flexibility index (Phi) is 5.46. The molecule has 0 aliphatic carbocycles. The van der Waals surface area contributed by atoms with Gasteiger partial charge in [0.2, 0.25) is 0 Å². The summed E-state index contributed by atoms with van der Waals surface area (Å²) in [7, 11) is 0. The van der Waals surface area contributed by atoms with Crippen LogP contribution in [-0.4, -0.2) is 34.5 Å². The van der Waals surface area contributed by atoms with Gasteiger partial charge in [-0.1, -0.05) is 0 Å². The van der Waals surface area contributed by atoms with Crippen molar-refractivity contribution in [1.82, 2.24) is 9.97 Å². The third-order valence-electron chi connectivity index (χ3n) is 4.93. The molecule has 3 rings (SSSR count). The van der Waals surface area contributed by atoms with Crippen LogP contribution in [0.2, 0.25) is 0 Å². The van der Waals surface area contributed by atoms with Gasteiger partial charge in [0.1, 0.15) is 17.3 Å². The summed E-state index contributed by atoms with van der Waals surface area (Å²) in [5.41, 5.74) is 8.03. The van der Waals surface area contributed by atoms with Crippen LogP contribution in [0, 0.1) is 18.7 Å². The first-order valence-electron chi connectivity index (χ1n) is 8.77. The van der Waals surface area contributed by atoms with Crippen LogP contribution in [0.15, 0.2) is 18.2 Å². The van der Waals surface area contributed by atoms with Crippen molar-refractivity contribution in [3.05, 3.63) is 46.8 Å². The third kappa shape index (κ3) is 3.83. The summed E-state index contributed by atoms with van der Waals surface area (Å²) in [4.78, 5) is 21.7. The summed E-state index contributed by atoms with van der Waals surface area (Å²) >= 11 is 0. The van der Waals surface area contributed by atoms with Gasteiger partial charge in [-0.25, -0.2) is 14.4 Å². The fourth-order valence-electron chi connectivity index (χ4n) is 3.48. The molecule has 1 aliphatic rings. The largest absolute Gasteiger partial charge is 0.504 e. The summed E-state index contributed by atoms with van der Waals surface area (Å²) in [6.07, 6.45) is 3.12. The molecule has 1 aliphatic heterocycles. The van der Waals surface area contributed by atoms with Gasteiger partial charge < -0.3 is 15.7 Å². The Morgan fingerprint density at radius 2 is 2.08 bits per heavy atom. The van der Waals surface area contributed by atoms with Gasteiger partial charge in [-0.3, -0.25) is 4.79 Å². The number of aromatic hydroxyl groups is 1. The smallest absolute Gasteiger partial charge is 0.172 e. The van der Waals surface area contributed by atoms with E-state index in [1.54, 1.807) is 13.0 Å². The second kappa shape index (κ2) is 7.78. The molecule has 1 aromatic heterocycles. The van der Waals surface area contributed by atoms with Crippen molar-refractivity contribution in [1.29, 1.82) is 0 Å². The lowest BCUT2D eigenvalue weighted by atomic mass is 9.92. The van der Waals surface area contributed by atoms with Crippen molar-refractivity contribution < 1.29 is 14.3 Å². The predicted molar refractivity (Wildman–Crippen MR) is 96.8 cm³/mol. The number of carbonyl (C=O) groups excluding carboxylic acids is 1. The summed E-state index contributed by atoms with van der Waals surface area (Å²) in [5.74, 6) is 0.570. The zero-order valence-electron chi connectivity index (χ0n) is 14.8. The van der Waals surface area contributed by atoms with Crippen molar-refractivity contribution in [3.63, 3.8) is 0 Å². The second-order valence-corrected chi connectivity index (χ2v) is 6.69. The van der Waals surface area contributed by atoms with E-state index in [1.165, 1.54) is 12.1 Å². The van der Waals surface area contributed by atoms with Crippen LogP contribution >= 0.6 is 0 Å². The average molecular weight is 358 g/mol. The van der Waals surface area contributed by atoms with Gasteiger partial charge in [-0.15, -0.1) is 0 Å². The van der Waals surface area contributed by atoms with Crippen molar-refractivity contribution in [2.24, 2.45) is 11.7 Å². The van der Waals surface area contributed by atoms with Crippen molar-refractivity contribution >= 4 is 12.0 Å². The number of nitrogens with two attached hydrogens (primary N) is 1. The number of hydrogen-bond donors (Lipinski definition) is 2. The van der Waals surface area contributed by atoms with Gasteiger partial charge in [-0.2, -0.15) is 0 Å². The standard InChI is InChI=1S/C19H23FN4O2/c1-12-19(26)16(11-25)23-18(22-12)8-13-4-6-24(7-5-13)17-3-2-15(20)9-14(17)10-21/h2-3,9,11,13,26H,4-8,10,21H2,1H3. The van der Waals surface area contributed by atoms with Gasteiger partial charge in [0.15, 0.2) is 12.0 Å². The molecular weight excluding hydrogens is 335 g/mol. The van der Waals surface area contributed by atoms with Crippen molar-refractivity contribution in [2.45, 2.75) is 32.7 Å². The summed E-state index contributed by atoms with van der Waals surface area (Å²) in [6, 6.07) is 4.75. The molecule has 3 N–H and O–H groups in total. The SMILES string of the molecule is Cc1nc(CC2CCN(c3ccc(F)cc3CN)CC2)nc(C=O)c1O. The highest BCUT2D eigenvalue weighted by Crippen LogP contribution is 2.28. The molecule has 0 unspecified atom stereocenters. The molecule has 0 radical (unpaired) electrons. The monoisotopic (exact) mass is 358 g/mol. The number of rotatable bonds is 5. The Bertz CT molecular complexity index is 804. The van der Waals surface area contributed by atoms with E-state index in [9.17, 15) is 14.3 Å². The molecule has 0 saturated carbocycles. The Balaban J connectivity index is 1.66. The highest BCUT2D eigenvalue weighted by atomic mass is 19.1. The minimum Gasteiger partial charge on any atom is -0.504 e. The number of nitrogens with zero attached hydrogens (tertiary/aromatic N) is 3. The summed E-state index contributed by atoms with van der Waals surface area (Å²) < 4.78 is 13.4. The van der Waals surface area contributed by atoms with E-state index in [-0.39, 0.29) is 17.3 Å². The number of hydrogen-bond acceptors (Lipinski definition) is 6. The number of aromatic nitrogens is 2. The van der Waals surface area contributed by atoms with Crippen LogP contribution in [-0.2, 0) is 13.0 Å². The van der Waals surface area contributed by atoms with Crippen LogP contribution < -0.4 is 10.6 Å². The molecule has 0 amide bonds. The second-order valence-electron chi connectivity index (χ2n) is 6.69. The maximum absolute atomic E-state index is 13.4. The van der Waals surface area contributed by atoms with E-state index in [2.05, 4.69) is 14.9 Å². The fourth-order valence-corrected chi connectivity index (χ4v) is 3.48. The molecule has 7 heteroatoms. The lowest BCUT2D eigenvalue weighted by molar-refractivity contribution is 0.111. The molecule has 1 aromatic carbocycles. The van der Waals surface area contributed by atoms with E-state index in [4.69, 9.17) is 5.73 Å². The minimum absolute atomic E-state index is 0.0452. The lowest BCUT2D eigenvalue weighted by Gasteiger charge is -2.34. The maximum atomic E-state index is 13.4. The van der Waals surface area contributed by atoms with Gasteiger partial charge in [0.25, 0.3) is 0 Å². The molecule has 26 heavy (non-hydrogen) atoms. The Hall–Kier alpha value is -2.54. The van der Waals surface area contributed by atoms with E-state index in [0.717, 1.165) is 37.2 Å². The Morgan fingerprint density at radius 1 is 1.35 bits per heavy atom. The Morgan fingerprint density at radius 3 is 2.73 bits per heavy atom. The zero-order valence-corrected chi connectivity index (χ0v) is 14.8. The van der Waals surface area contributed by atoms with E-state index < -0.39 is 0 Å². The summed E-state index contributed by atoms with van der Waals surface area (Å²) in [5, 5.41) is 9.76. The fraction of sp³-hybridized carbons (Fsp3) is 0.421. The van der Waals surface area contributed by atoms with Gasteiger partial charge >= 0.3 is 0 Å². The highest BCUT2D eigenvalue weighted by Gasteiger charge is 2.23. The van der Waals surface area contributed by atoms with Crippen LogP contribution in [0.1, 0.15) is 40.4 Å². The molecule has 0 spiro atoms. The molecular formula is C19H23FN4O2. The first-order valence-corrected chi connectivity index (χ1v) is 8.77. The number of piperidine rings is 1. The summed E-state index contributed by atoms with van der Waals surface area (Å²) in [6.45, 7) is 3.67. The van der Waals surface area contributed by atoms with E-state index in [0.29, 0.717) is 36.7 Å². The van der Waals surface area contributed by atoms with Crippen molar-refractivity contribution in [2.75, 3.05) is 18.0 Å². The lowest BCUT2D eigenvalue weighted by Crippen LogP contribution is -2.35. The molecule has 0 bridgehead atoms. The van der Waals surface area contributed by atoms with E-state index >= 15 is 0 Å². The Labute approximate surface area is 151 Å². The van der Waals surface area contributed by atoms with Gasteiger partial charge in [-0.05, 0) is 49.4 Å². The molecule has 0 atom stereocenters. The third-order valence-corrected chi connectivity index (χ3v) is 4.93. The van der Waals surface area contributed by atoms with Gasteiger partial charge in [0, 0.05) is 31.7 Å². The number of halogens is 1. The van der Waals surface area contributed by atoms with Gasteiger partial charge in [0.05, 0.1) is 5.69 Å². The molecule has 1 fully saturated rings. The van der Waals surface area contributed by atoms with Crippen LogP contribution in [0.5, 0.6) is 5.75 Å². The highest BCUT2D eigenvalue weighted by molar-refractivity contribution is 5.76. The average Bonchev–Trinajstić information content (AvgIpc) is 2.65. The molecule has 1 saturated heterocycles. The predicted octanol–water partition coefficient (Wildman–Crippen LogP) is 2.36. The van der Waals surface area contributed by atoms with Crippen LogP contribution in [0.25, 0.3) is 0 Å². The maximum Gasteiger partial charge on any atom is 0.172 e. The topological polar surface area (TPSA) is 92.3 Å². The number of aryl methyl sites for hydroxylation is 1. The number of benzene rings is 1. The molecule has 2 heterocycles. The normalized spacial score (nSPS) is 15.3. The van der Waals surface area contributed by atoms with E-state index in [1.807, 2.05) is 0 Å². The molecule has 6 nitrogen and oxygen atoms in total. The zero-order chi connectivity index (χ0) is 18.7. The molecule has 2 aromatic rings. The number of anilines is 1. The first kappa shape index (κ1) is 18.3. The molecule has 138 valence electrons. The van der Waals surface area contributed by atoms with Crippen LogP contribution in [0.3, 0.4) is 0 Å². The number of aldehydes is 1. The quantitative estimate of drug-likeness (QED) is 0.797. The van der Waals surface area contributed by atoms with Crippen molar-refractivity contribution in [3.8, 4) is 5.75 Å².